The fourth-order valence-electron chi connectivity index (χ4n) is 3.16. The van der Waals surface area contributed by atoms with E-state index in [1.54, 1.807) is 32.4 Å². The molecular weight excluding hydrogens is 456 g/mol. The van der Waals surface area contributed by atoms with Gasteiger partial charge in [-0.3, -0.25) is 9.69 Å². The average Bonchev–Trinajstić information content (AvgIpc) is 3.58. The van der Waals surface area contributed by atoms with Gasteiger partial charge in [-0.25, -0.2) is 14.5 Å². The molecule has 0 aliphatic carbocycles. The van der Waals surface area contributed by atoms with Gasteiger partial charge in [0.05, 0.1) is 16.3 Å². The highest BCUT2D eigenvalue weighted by molar-refractivity contribution is 7.14. The molecule has 1 amide bonds. The zero-order valence-corrected chi connectivity index (χ0v) is 19.8. The Balaban J connectivity index is 1.46. The number of amides is 1. The summed E-state index contributed by atoms with van der Waals surface area (Å²) in [5, 5.41) is 9.10. The van der Waals surface area contributed by atoms with Crippen molar-refractivity contribution in [2.45, 2.75) is 20.5 Å². The number of nitrogens with zero attached hydrogens (tertiary/aromatic N) is 4. The number of esters is 1. The van der Waals surface area contributed by atoms with Crippen LogP contribution >= 0.6 is 22.7 Å². The summed E-state index contributed by atoms with van der Waals surface area (Å²) >= 11 is 2.94. The summed E-state index contributed by atoms with van der Waals surface area (Å²) in [5.41, 5.74) is 3.15. The Kier molecular flexibility index (Phi) is 7.11. The van der Waals surface area contributed by atoms with Crippen molar-refractivity contribution in [2.24, 2.45) is 0 Å². The van der Waals surface area contributed by atoms with Gasteiger partial charge in [0.2, 0.25) is 5.91 Å². The number of carbonyl (C=O) groups excluding carboxylic acids is 2. The fourth-order valence-corrected chi connectivity index (χ4v) is 4.81. The van der Waals surface area contributed by atoms with Gasteiger partial charge < -0.3 is 4.74 Å². The third-order valence-electron chi connectivity index (χ3n) is 4.75. The molecule has 0 aliphatic heterocycles. The minimum atomic E-state index is -0.479. The van der Waals surface area contributed by atoms with Gasteiger partial charge in [-0.05, 0) is 36.6 Å². The van der Waals surface area contributed by atoms with E-state index < -0.39 is 5.97 Å². The van der Waals surface area contributed by atoms with E-state index in [1.165, 1.54) is 24.3 Å². The molecule has 0 fully saturated rings. The molecular formula is C24H22N4O3S2. The number of ether oxygens (including phenoxy) is 1. The Morgan fingerprint density at radius 2 is 1.97 bits per heavy atom. The minimum absolute atomic E-state index is 0.0379. The predicted octanol–water partition coefficient (Wildman–Crippen LogP) is 5.19. The van der Waals surface area contributed by atoms with Gasteiger partial charge in [0, 0.05) is 36.7 Å². The van der Waals surface area contributed by atoms with E-state index in [9.17, 15) is 9.59 Å². The first kappa shape index (κ1) is 22.6. The van der Waals surface area contributed by atoms with E-state index in [-0.39, 0.29) is 12.5 Å². The summed E-state index contributed by atoms with van der Waals surface area (Å²) in [5.74, 6) is -0.552. The monoisotopic (exact) mass is 478 g/mol. The molecule has 1 aromatic carbocycles. The molecule has 7 nitrogen and oxygen atoms in total. The maximum atomic E-state index is 12.3. The number of thiophene rings is 1. The van der Waals surface area contributed by atoms with Gasteiger partial charge in [0.1, 0.15) is 12.3 Å². The van der Waals surface area contributed by atoms with Gasteiger partial charge in [-0.2, -0.15) is 5.10 Å². The standard InChI is InChI=1S/C24H22N4O3S2/c1-3-27(17(2)29)24-25-19(16-33-24)15-31-22(30)12-11-18-14-28(20-8-5-4-6-9-20)26-23(18)21-10-7-13-32-21/h4-14,16H,3,15H2,1-2H3/b12-11+. The number of anilines is 1. The number of hydrogen-bond donors (Lipinski definition) is 0. The largest absolute Gasteiger partial charge is 0.456 e. The molecule has 0 saturated heterocycles. The lowest BCUT2D eigenvalue weighted by Gasteiger charge is -2.14. The summed E-state index contributed by atoms with van der Waals surface area (Å²) in [6.07, 6.45) is 5.00. The van der Waals surface area contributed by atoms with Crippen LogP contribution in [0.25, 0.3) is 22.3 Å². The van der Waals surface area contributed by atoms with Crippen LogP contribution in [-0.4, -0.2) is 33.2 Å². The number of aromatic nitrogens is 3. The highest BCUT2D eigenvalue weighted by Crippen LogP contribution is 2.28. The highest BCUT2D eigenvalue weighted by Gasteiger charge is 2.15. The molecule has 4 aromatic rings. The quantitative estimate of drug-likeness (QED) is 0.257. The molecule has 3 heterocycles. The van der Waals surface area contributed by atoms with Crippen molar-refractivity contribution in [3.63, 3.8) is 0 Å². The van der Waals surface area contributed by atoms with Crippen molar-refractivity contribution in [3.8, 4) is 16.3 Å². The highest BCUT2D eigenvalue weighted by atomic mass is 32.1. The predicted molar refractivity (Wildman–Crippen MR) is 132 cm³/mol. The minimum Gasteiger partial charge on any atom is -0.456 e. The van der Waals surface area contributed by atoms with Gasteiger partial charge in [0.25, 0.3) is 0 Å². The fraction of sp³-hybridized carbons (Fsp3) is 0.167. The first-order valence-corrected chi connectivity index (χ1v) is 12.1. The molecule has 0 N–H and O–H groups in total. The van der Waals surface area contributed by atoms with Gasteiger partial charge in [0.15, 0.2) is 5.13 Å². The SMILES string of the molecule is CCN(C(C)=O)c1nc(COC(=O)/C=C/c2cn(-c3ccccc3)nc2-c2cccs2)cs1. The van der Waals surface area contributed by atoms with E-state index in [2.05, 4.69) is 4.98 Å². The molecule has 0 radical (unpaired) electrons. The first-order chi connectivity index (χ1) is 16.0. The van der Waals surface area contributed by atoms with Gasteiger partial charge >= 0.3 is 5.97 Å². The summed E-state index contributed by atoms with van der Waals surface area (Å²) in [4.78, 5) is 31.0. The third kappa shape index (κ3) is 5.44. The smallest absolute Gasteiger partial charge is 0.331 e. The van der Waals surface area contributed by atoms with Crippen LogP contribution in [-0.2, 0) is 20.9 Å². The normalized spacial score (nSPS) is 11.1. The van der Waals surface area contributed by atoms with E-state index in [0.29, 0.717) is 17.4 Å². The van der Waals surface area contributed by atoms with Crippen LogP contribution in [0.5, 0.6) is 0 Å². The molecule has 168 valence electrons. The summed E-state index contributed by atoms with van der Waals surface area (Å²) in [6, 6.07) is 13.8. The Labute approximate surface area is 199 Å². The molecule has 0 unspecified atom stereocenters. The zero-order chi connectivity index (χ0) is 23.2. The Hall–Kier alpha value is -3.56. The van der Waals surface area contributed by atoms with Crippen molar-refractivity contribution in [2.75, 3.05) is 11.4 Å². The van der Waals surface area contributed by atoms with Crippen LogP contribution in [0.2, 0.25) is 0 Å². The second-order valence-electron chi connectivity index (χ2n) is 7.02. The number of hydrogen-bond acceptors (Lipinski definition) is 7. The molecule has 33 heavy (non-hydrogen) atoms. The summed E-state index contributed by atoms with van der Waals surface area (Å²) < 4.78 is 7.15. The van der Waals surface area contributed by atoms with E-state index >= 15 is 0 Å². The van der Waals surface area contributed by atoms with Crippen molar-refractivity contribution in [1.82, 2.24) is 14.8 Å². The molecule has 0 spiro atoms. The first-order valence-electron chi connectivity index (χ1n) is 10.3. The Bertz CT molecular complexity index is 1260. The van der Waals surface area contributed by atoms with Crippen molar-refractivity contribution >= 4 is 45.8 Å². The van der Waals surface area contributed by atoms with Crippen LogP contribution in [0, 0.1) is 0 Å². The zero-order valence-electron chi connectivity index (χ0n) is 18.2. The van der Waals surface area contributed by atoms with Crippen molar-refractivity contribution in [3.05, 3.63) is 76.8 Å². The van der Waals surface area contributed by atoms with Gasteiger partial charge in [-0.15, -0.1) is 22.7 Å². The lowest BCUT2D eigenvalue weighted by molar-refractivity contribution is -0.139. The van der Waals surface area contributed by atoms with Crippen LogP contribution in [0.1, 0.15) is 25.1 Å². The Morgan fingerprint density at radius 3 is 2.67 bits per heavy atom. The maximum absolute atomic E-state index is 12.3. The summed E-state index contributed by atoms with van der Waals surface area (Å²) in [7, 11) is 0. The van der Waals surface area contributed by atoms with Crippen LogP contribution < -0.4 is 4.90 Å². The maximum Gasteiger partial charge on any atom is 0.331 e. The van der Waals surface area contributed by atoms with E-state index in [0.717, 1.165) is 21.8 Å². The number of thiazole rings is 1. The lowest BCUT2D eigenvalue weighted by atomic mass is 10.2. The topological polar surface area (TPSA) is 77.3 Å². The number of para-hydroxylation sites is 1. The van der Waals surface area contributed by atoms with E-state index in [4.69, 9.17) is 9.84 Å². The number of carbonyl (C=O) groups is 2. The van der Waals surface area contributed by atoms with Crippen LogP contribution in [0.15, 0.2) is 65.5 Å². The van der Waals surface area contributed by atoms with Gasteiger partial charge in [-0.1, -0.05) is 24.3 Å². The molecule has 4 rings (SSSR count). The number of benzene rings is 1. The number of rotatable bonds is 8. The molecule has 9 heteroatoms. The van der Waals surface area contributed by atoms with Crippen LogP contribution in [0.4, 0.5) is 5.13 Å². The molecule has 3 aromatic heterocycles. The lowest BCUT2D eigenvalue weighted by Crippen LogP contribution is -2.27. The molecule has 0 bridgehead atoms. The third-order valence-corrected chi connectivity index (χ3v) is 6.53. The van der Waals surface area contributed by atoms with Crippen molar-refractivity contribution in [1.29, 1.82) is 0 Å². The van der Waals surface area contributed by atoms with E-state index in [1.807, 2.05) is 61.0 Å². The second kappa shape index (κ2) is 10.4. The molecule has 0 atom stereocenters. The molecule has 0 aliphatic rings. The van der Waals surface area contributed by atoms with Crippen LogP contribution in [0.3, 0.4) is 0 Å². The summed E-state index contributed by atoms with van der Waals surface area (Å²) in [6.45, 7) is 3.96. The average molecular weight is 479 g/mol. The van der Waals surface area contributed by atoms with Crippen molar-refractivity contribution < 1.29 is 14.3 Å². The second-order valence-corrected chi connectivity index (χ2v) is 8.80. The molecule has 0 saturated carbocycles. The Morgan fingerprint density at radius 1 is 1.15 bits per heavy atom.